The van der Waals surface area contributed by atoms with E-state index >= 15 is 0 Å². The summed E-state index contributed by atoms with van der Waals surface area (Å²) in [5.41, 5.74) is 2.28. The highest BCUT2D eigenvalue weighted by atomic mass is 19.1. The summed E-state index contributed by atoms with van der Waals surface area (Å²) in [6.07, 6.45) is 5.44. The first kappa shape index (κ1) is 18.3. The van der Waals surface area contributed by atoms with E-state index in [1.54, 1.807) is 16.8 Å². The summed E-state index contributed by atoms with van der Waals surface area (Å²) in [5, 5.41) is 14.8. The molecule has 0 bridgehead atoms. The summed E-state index contributed by atoms with van der Waals surface area (Å²) in [6, 6.07) is 6.06. The third-order valence-corrected chi connectivity index (χ3v) is 5.12. The van der Waals surface area contributed by atoms with Gasteiger partial charge in [0.2, 0.25) is 5.91 Å². The van der Waals surface area contributed by atoms with Crippen LogP contribution in [0.2, 0.25) is 0 Å². The van der Waals surface area contributed by atoms with Gasteiger partial charge in [-0.05, 0) is 36.5 Å². The summed E-state index contributed by atoms with van der Waals surface area (Å²) in [6.45, 7) is 3.84. The predicted octanol–water partition coefficient (Wildman–Crippen LogP) is 3.07. The van der Waals surface area contributed by atoms with E-state index in [9.17, 15) is 14.3 Å². The smallest absolute Gasteiger partial charge is 0.246 e. The Morgan fingerprint density at radius 3 is 2.85 bits per heavy atom. The lowest BCUT2D eigenvalue weighted by molar-refractivity contribution is -0.128. The summed E-state index contributed by atoms with van der Waals surface area (Å²) in [4.78, 5) is 13.8. The van der Waals surface area contributed by atoms with Crippen LogP contribution in [-0.4, -0.2) is 32.2 Å². The fourth-order valence-electron chi connectivity index (χ4n) is 3.33. The highest BCUT2D eigenvalue weighted by molar-refractivity contribution is 5.87. The molecule has 1 unspecified atom stereocenters. The van der Waals surface area contributed by atoms with Gasteiger partial charge in [0, 0.05) is 12.6 Å². The Kier molecular flexibility index (Phi) is 5.52. The van der Waals surface area contributed by atoms with Crippen LogP contribution in [0.5, 0.6) is 0 Å². The molecule has 1 aliphatic rings. The molecular formula is C20H24FN3O2. The normalized spacial score (nSPS) is 15.3. The van der Waals surface area contributed by atoms with Crippen molar-refractivity contribution in [2.24, 2.45) is 7.05 Å². The van der Waals surface area contributed by atoms with Gasteiger partial charge in [0.25, 0.3) is 0 Å². The Balaban J connectivity index is 1.81. The number of rotatable bonds is 7. The third-order valence-electron chi connectivity index (χ3n) is 5.12. The van der Waals surface area contributed by atoms with E-state index in [0.717, 1.165) is 24.1 Å². The number of aliphatic hydroxyl groups excluding tert-OH is 1. The number of amides is 1. The highest BCUT2D eigenvalue weighted by Crippen LogP contribution is 2.38. The average molecular weight is 357 g/mol. The van der Waals surface area contributed by atoms with Gasteiger partial charge < -0.3 is 10.0 Å². The van der Waals surface area contributed by atoms with Gasteiger partial charge in [-0.25, -0.2) is 4.39 Å². The van der Waals surface area contributed by atoms with E-state index in [2.05, 4.69) is 11.7 Å². The summed E-state index contributed by atoms with van der Waals surface area (Å²) in [7, 11) is 1.85. The highest BCUT2D eigenvalue weighted by Gasteiger charge is 2.27. The summed E-state index contributed by atoms with van der Waals surface area (Å²) in [5.74, 6) is -0.307. The SMILES string of the molecule is C=CC(=O)N(Cc1c(C2CCC2)cnn1C)CC(O)c1ccccc1F. The van der Waals surface area contributed by atoms with Gasteiger partial charge in [0.15, 0.2) is 0 Å². The van der Waals surface area contributed by atoms with Crippen LogP contribution >= 0.6 is 0 Å². The number of hydrogen-bond acceptors (Lipinski definition) is 3. The van der Waals surface area contributed by atoms with E-state index in [4.69, 9.17) is 0 Å². The molecule has 0 saturated heterocycles. The number of carbonyl (C=O) groups is 1. The molecule has 1 atom stereocenters. The standard InChI is InChI=1S/C20H24FN3O2/c1-3-20(26)24(13-19(25)15-9-4-5-10-17(15)21)12-18-16(11-22-23(18)2)14-7-6-8-14/h3-5,9-11,14,19,25H,1,6-8,12-13H2,2H3. The molecule has 0 radical (unpaired) electrons. The fourth-order valence-corrected chi connectivity index (χ4v) is 3.33. The zero-order chi connectivity index (χ0) is 18.7. The molecule has 1 aromatic heterocycles. The van der Waals surface area contributed by atoms with Gasteiger partial charge in [-0.15, -0.1) is 0 Å². The maximum atomic E-state index is 13.9. The number of halogens is 1. The topological polar surface area (TPSA) is 58.4 Å². The molecule has 3 rings (SSSR count). The van der Waals surface area contributed by atoms with Crippen molar-refractivity contribution in [2.45, 2.75) is 37.8 Å². The van der Waals surface area contributed by atoms with Gasteiger partial charge in [0.1, 0.15) is 5.82 Å². The molecule has 0 aliphatic heterocycles. The Morgan fingerprint density at radius 1 is 1.50 bits per heavy atom. The minimum atomic E-state index is -1.11. The van der Waals surface area contributed by atoms with Gasteiger partial charge in [0.05, 0.1) is 31.1 Å². The van der Waals surface area contributed by atoms with E-state index < -0.39 is 11.9 Å². The van der Waals surface area contributed by atoms with Gasteiger partial charge in [-0.1, -0.05) is 31.2 Å². The first-order valence-corrected chi connectivity index (χ1v) is 8.85. The third kappa shape index (κ3) is 3.70. The Morgan fingerprint density at radius 2 is 2.23 bits per heavy atom. The van der Waals surface area contributed by atoms with Crippen LogP contribution in [-0.2, 0) is 18.4 Å². The molecule has 1 saturated carbocycles. The monoisotopic (exact) mass is 357 g/mol. The van der Waals surface area contributed by atoms with Gasteiger partial charge in [-0.3, -0.25) is 9.48 Å². The molecule has 5 nitrogen and oxygen atoms in total. The molecule has 6 heteroatoms. The molecule has 1 aliphatic carbocycles. The Hall–Kier alpha value is -2.47. The van der Waals surface area contributed by atoms with Crippen molar-refractivity contribution in [3.63, 3.8) is 0 Å². The maximum absolute atomic E-state index is 13.9. The van der Waals surface area contributed by atoms with Crippen LogP contribution < -0.4 is 0 Å². The Labute approximate surface area is 152 Å². The molecule has 1 heterocycles. The summed E-state index contributed by atoms with van der Waals surface area (Å²) >= 11 is 0. The fraction of sp³-hybridized carbons (Fsp3) is 0.400. The second-order valence-electron chi connectivity index (χ2n) is 6.76. The first-order chi connectivity index (χ1) is 12.5. The Bertz CT molecular complexity index is 798. The first-order valence-electron chi connectivity index (χ1n) is 8.85. The number of carbonyl (C=O) groups excluding carboxylic acids is 1. The number of aromatic nitrogens is 2. The van der Waals surface area contributed by atoms with Crippen molar-refractivity contribution in [1.29, 1.82) is 0 Å². The van der Waals surface area contributed by atoms with Crippen molar-refractivity contribution < 1.29 is 14.3 Å². The van der Waals surface area contributed by atoms with E-state index in [-0.39, 0.29) is 18.0 Å². The van der Waals surface area contributed by atoms with E-state index in [0.29, 0.717) is 12.5 Å². The van der Waals surface area contributed by atoms with Crippen LogP contribution in [0.3, 0.4) is 0 Å². The molecule has 26 heavy (non-hydrogen) atoms. The van der Waals surface area contributed by atoms with Gasteiger partial charge >= 0.3 is 0 Å². The number of aryl methyl sites for hydroxylation is 1. The number of hydrogen-bond donors (Lipinski definition) is 1. The molecule has 1 N–H and O–H groups in total. The molecule has 1 amide bonds. The van der Waals surface area contributed by atoms with Crippen molar-refractivity contribution >= 4 is 5.91 Å². The number of aliphatic hydroxyl groups is 1. The minimum absolute atomic E-state index is 0.0128. The van der Waals surface area contributed by atoms with E-state index in [1.807, 2.05) is 13.2 Å². The summed E-state index contributed by atoms with van der Waals surface area (Å²) < 4.78 is 15.7. The lowest BCUT2D eigenvalue weighted by atomic mass is 9.80. The maximum Gasteiger partial charge on any atom is 0.246 e. The second kappa shape index (κ2) is 7.83. The molecule has 1 aromatic carbocycles. The molecule has 1 fully saturated rings. The number of benzene rings is 1. The van der Waals surface area contributed by atoms with Crippen LogP contribution in [0.1, 0.15) is 48.1 Å². The number of nitrogens with zero attached hydrogens (tertiary/aromatic N) is 3. The largest absolute Gasteiger partial charge is 0.386 e. The second-order valence-corrected chi connectivity index (χ2v) is 6.76. The zero-order valence-corrected chi connectivity index (χ0v) is 14.9. The van der Waals surface area contributed by atoms with Crippen LogP contribution in [0, 0.1) is 5.82 Å². The lowest BCUT2D eigenvalue weighted by Gasteiger charge is -2.29. The van der Waals surface area contributed by atoms with Crippen molar-refractivity contribution in [1.82, 2.24) is 14.7 Å². The minimum Gasteiger partial charge on any atom is -0.386 e. The molecular weight excluding hydrogens is 333 g/mol. The van der Waals surface area contributed by atoms with E-state index in [1.165, 1.54) is 29.5 Å². The van der Waals surface area contributed by atoms with Crippen molar-refractivity contribution in [2.75, 3.05) is 6.54 Å². The van der Waals surface area contributed by atoms with Crippen molar-refractivity contribution in [3.05, 3.63) is 65.8 Å². The molecule has 138 valence electrons. The predicted molar refractivity (Wildman–Crippen MR) is 96.8 cm³/mol. The van der Waals surface area contributed by atoms with Gasteiger partial charge in [-0.2, -0.15) is 5.10 Å². The average Bonchev–Trinajstić information content (AvgIpc) is 2.93. The molecule has 0 spiro atoms. The quantitative estimate of drug-likeness (QED) is 0.775. The lowest BCUT2D eigenvalue weighted by Crippen LogP contribution is -2.34. The van der Waals surface area contributed by atoms with Crippen molar-refractivity contribution in [3.8, 4) is 0 Å². The molecule has 2 aromatic rings. The van der Waals surface area contributed by atoms with Crippen LogP contribution in [0.25, 0.3) is 0 Å². The van der Waals surface area contributed by atoms with Crippen LogP contribution in [0.4, 0.5) is 4.39 Å². The van der Waals surface area contributed by atoms with Crippen LogP contribution in [0.15, 0.2) is 43.1 Å². The zero-order valence-electron chi connectivity index (χ0n) is 14.9.